The van der Waals surface area contributed by atoms with Crippen LogP contribution in [0.1, 0.15) is 6.92 Å². The summed E-state index contributed by atoms with van der Waals surface area (Å²) in [6.45, 7) is 1.68. The van der Waals surface area contributed by atoms with Crippen molar-refractivity contribution in [2.75, 3.05) is 12.4 Å². The van der Waals surface area contributed by atoms with E-state index in [1.165, 1.54) is 18.7 Å². The molecule has 74 valence electrons. The predicted octanol–water partition coefficient (Wildman–Crippen LogP) is 0.318. The Morgan fingerprint density at radius 3 is 2.71 bits per heavy atom. The molecule has 2 aliphatic rings. The zero-order chi connectivity index (χ0) is 10.3. The van der Waals surface area contributed by atoms with E-state index in [0.717, 1.165) is 0 Å². The number of carbonyl (C=O) groups excluding carboxylic acids is 3. The molecule has 2 rings (SSSR count). The minimum Gasteiger partial charge on any atom is -0.488 e. The van der Waals surface area contributed by atoms with Gasteiger partial charge in [0.2, 0.25) is 5.78 Å². The fourth-order valence-corrected chi connectivity index (χ4v) is 2.46. The molecule has 1 aliphatic heterocycles. The molecule has 1 heterocycles. The Hall–Kier alpha value is -1.10. The van der Waals surface area contributed by atoms with Crippen LogP contribution in [-0.2, 0) is 19.1 Å². The van der Waals surface area contributed by atoms with Crippen molar-refractivity contribution >= 4 is 29.1 Å². The molecule has 0 fully saturated rings. The molecule has 4 nitrogen and oxygen atoms in total. The van der Waals surface area contributed by atoms with E-state index in [1.54, 1.807) is 0 Å². The molecule has 0 aromatic rings. The van der Waals surface area contributed by atoms with Gasteiger partial charge in [-0.15, -0.1) is 11.8 Å². The standard InChI is InChI=1S/C9H8O4S/c1-4(10)5-6(11)8-9(7(5)12)14-3-2-13-8/h5H,2-3H2,1H3. The van der Waals surface area contributed by atoms with Crippen molar-refractivity contribution in [2.45, 2.75) is 6.92 Å². The lowest BCUT2D eigenvalue weighted by atomic mass is 10.0. The van der Waals surface area contributed by atoms with Crippen LogP contribution in [0.2, 0.25) is 0 Å². The fraction of sp³-hybridized carbons (Fsp3) is 0.444. The first kappa shape index (κ1) is 9.45. The topological polar surface area (TPSA) is 60.4 Å². The fourth-order valence-electron chi connectivity index (χ4n) is 1.54. The minimum absolute atomic E-state index is 0.103. The summed E-state index contributed by atoms with van der Waals surface area (Å²) in [5.41, 5.74) is 0. The molecule has 1 atom stereocenters. The molecule has 5 heteroatoms. The number of allylic oxidation sites excluding steroid dienone is 2. The molecule has 0 N–H and O–H groups in total. The molecule has 1 aliphatic carbocycles. The van der Waals surface area contributed by atoms with E-state index >= 15 is 0 Å². The van der Waals surface area contributed by atoms with Gasteiger partial charge in [-0.2, -0.15) is 0 Å². The zero-order valence-electron chi connectivity index (χ0n) is 7.53. The van der Waals surface area contributed by atoms with Crippen LogP contribution in [0, 0.1) is 5.92 Å². The summed E-state index contributed by atoms with van der Waals surface area (Å²) < 4.78 is 5.10. The van der Waals surface area contributed by atoms with Gasteiger partial charge in [0.05, 0.1) is 11.5 Å². The highest BCUT2D eigenvalue weighted by Gasteiger charge is 2.46. The van der Waals surface area contributed by atoms with E-state index in [-0.39, 0.29) is 11.5 Å². The number of ketones is 3. The van der Waals surface area contributed by atoms with Gasteiger partial charge in [0.25, 0.3) is 0 Å². The molecule has 0 amide bonds. The van der Waals surface area contributed by atoms with Crippen LogP contribution in [0.25, 0.3) is 0 Å². The van der Waals surface area contributed by atoms with Crippen molar-refractivity contribution in [3.05, 3.63) is 10.7 Å². The minimum atomic E-state index is -1.13. The summed E-state index contributed by atoms with van der Waals surface area (Å²) in [5.74, 6) is -1.63. The third-order valence-corrected chi connectivity index (χ3v) is 3.21. The second-order valence-electron chi connectivity index (χ2n) is 3.13. The third-order valence-electron chi connectivity index (χ3n) is 2.16. The first-order valence-electron chi connectivity index (χ1n) is 4.21. The summed E-state index contributed by atoms with van der Waals surface area (Å²) in [4.78, 5) is 34.6. The third kappa shape index (κ3) is 1.19. The van der Waals surface area contributed by atoms with Crippen LogP contribution in [0.3, 0.4) is 0 Å². The molecular formula is C9H8O4S. The summed E-state index contributed by atoms with van der Waals surface area (Å²) in [6.07, 6.45) is 0. The van der Waals surface area contributed by atoms with Crippen LogP contribution < -0.4 is 0 Å². The number of thioether (sulfide) groups is 1. The van der Waals surface area contributed by atoms with E-state index < -0.39 is 17.5 Å². The van der Waals surface area contributed by atoms with Gasteiger partial charge in [-0.05, 0) is 6.92 Å². The monoisotopic (exact) mass is 212 g/mol. The van der Waals surface area contributed by atoms with Crippen molar-refractivity contribution in [3.8, 4) is 0 Å². The number of hydrogen-bond donors (Lipinski definition) is 0. The number of ether oxygens (including phenoxy) is 1. The summed E-state index contributed by atoms with van der Waals surface area (Å²) in [7, 11) is 0. The lowest BCUT2D eigenvalue weighted by Crippen LogP contribution is -2.25. The molecule has 0 aromatic heterocycles. The Balaban J connectivity index is 2.39. The summed E-state index contributed by atoms with van der Waals surface area (Å²) in [5, 5.41) is 0. The average molecular weight is 212 g/mol. The molecule has 0 saturated heterocycles. The maximum atomic E-state index is 11.6. The number of carbonyl (C=O) groups is 3. The van der Waals surface area contributed by atoms with Gasteiger partial charge in [0.15, 0.2) is 11.5 Å². The van der Waals surface area contributed by atoms with Crippen LogP contribution in [0.15, 0.2) is 10.7 Å². The number of hydrogen-bond acceptors (Lipinski definition) is 5. The van der Waals surface area contributed by atoms with E-state index in [0.29, 0.717) is 17.3 Å². The van der Waals surface area contributed by atoms with Crippen molar-refractivity contribution in [1.82, 2.24) is 0 Å². The SMILES string of the molecule is CC(=O)C1C(=O)C2=C(SCCO2)C1=O. The van der Waals surface area contributed by atoms with Crippen molar-refractivity contribution in [2.24, 2.45) is 5.92 Å². The molecule has 0 spiro atoms. The van der Waals surface area contributed by atoms with Crippen LogP contribution in [0.4, 0.5) is 0 Å². The molecule has 0 saturated carbocycles. The average Bonchev–Trinajstić information content (AvgIpc) is 2.41. The van der Waals surface area contributed by atoms with Gasteiger partial charge < -0.3 is 4.74 Å². The Kier molecular flexibility index (Phi) is 2.19. The Labute approximate surface area is 84.7 Å². The van der Waals surface area contributed by atoms with Crippen LogP contribution in [0.5, 0.6) is 0 Å². The predicted molar refractivity (Wildman–Crippen MR) is 49.6 cm³/mol. The number of Topliss-reactive ketones (excluding diaryl/α,β-unsaturated/α-hetero) is 3. The summed E-state index contributed by atoms with van der Waals surface area (Å²) >= 11 is 1.30. The van der Waals surface area contributed by atoms with Crippen molar-refractivity contribution in [3.63, 3.8) is 0 Å². The quantitative estimate of drug-likeness (QED) is 0.586. The number of rotatable bonds is 1. The Morgan fingerprint density at radius 2 is 2.14 bits per heavy atom. The van der Waals surface area contributed by atoms with E-state index in [2.05, 4.69) is 0 Å². The van der Waals surface area contributed by atoms with Gasteiger partial charge in [-0.3, -0.25) is 14.4 Å². The van der Waals surface area contributed by atoms with Gasteiger partial charge in [-0.1, -0.05) is 0 Å². The van der Waals surface area contributed by atoms with Crippen molar-refractivity contribution in [1.29, 1.82) is 0 Å². The van der Waals surface area contributed by atoms with Gasteiger partial charge >= 0.3 is 0 Å². The Bertz CT molecular complexity index is 341. The first-order valence-corrected chi connectivity index (χ1v) is 5.20. The molecule has 14 heavy (non-hydrogen) atoms. The highest BCUT2D eigenvalue weighted by Crippen LogP contribution is 2.36. The molecule has 0 radical (unpaired) electrons. The van der Waals surface area contributed by atoms with E-state index in [4.69, 9.17) is 4.74 Å². The largest absolute Gasteiger partial charge is 0.488 e. The lowest BCUT2D eigenvalue weighted by molar-refractivity contribution is -0.135. The maximum absolute atomic E-state index is 11.6. The highest BCUT2D eigenvalue weighted by molar-refractivity contribution is 8.04. The smallest absolute Gasteiger partial charge is 0.216 e. The maximum Gasteiger partial charge on any atom is 0.216 e. The molecule has 0 aromatic carbocycles. The second kappa shape index (κ2) is 3.24. The molecule has 0 bridgehead atoms. The summed E-state index contributed by atoms with van der Waals surface area (Å²) in [6, 6.07) is 0. The van der Waals surface area contributed by atoms with Crippen molar-refractivity contribution < 1.29 is 19.1 Å². The second-order valence-corrected chi connectivity index (χ2v) is 4.23. The highest BCUT2D eigenvalue weighted by atomic mass is 32.2. The lowest BCUT2D eigenvalue weighted by Gasteiger charge is -2.12. The van der Waals surface area contributed by atoms with E-state index in [9.17, 15) is 14.4 Å². The van der Waals surface area contributed by atoms with Gasteiger partial charge in [0.1, 0.15) is 11.7 Å². The first-order chi connectivity index (χ1) is 6.63. The van der Waals surface area contributed by atoms with Gasteiger partial charge in [0, 0.05) is 5.75 Å². The Morgan fingerprint density at radius 1 is 1.43 bits per heavy atom. The van der Waals surface area contributed by atoms with Crippen LogP contribution >= 0.6 is 11.8 Å². The van der Waals surface area contributed by atoms with E-state index in [1.807, 2.05) is 0 Å². The molecular weight excluding hydrogens is 204 g/mol. The normalized spacial score (nSPS) is 26.2. The zero-order valence-corrected chi connectivity index (χ0v) is 8.35. The molecule has 1 unspecified atom stereocenters. The van der Waals surface area contributed by atoms with Crippen LogP contribution in [-0.4, -0.2) is 29.7 Å². The van der Waals surface area contributed by atoms with Gasteiger partial charge in [-0.25, -0.2) is 0 Å².